The third kappa shape index (κ3) is 4.22. The molecule has 0 saturated carbocycles. The molecule has 4 N–H and O–H groups in total. The predicted octanol–water partition coefficient (Wildman–Crippen LogP) is 1.92. The van der Waals surface area contributed by atoms with Crippen LogP contribution >= 0.6 is 11.6 Å². The number of fused-ring (bicyclic) bond motifs is 2. The number of halogens is 1. The van der Waals surface area contributed by atoms with Gasteiger partial charge in [0.1, 0.15) is 5.69 Å². The number of aromatic nitrogens is 1. The van der Waals surface area contributed by atoms with E-state index in [4.69, 9.17) is 21.1 Å². The Morgan fingerprint density at radius 3 is 2.70 bits per heavy atom. The van der Waals surface area contributed by atoms with Gasteiger partial charge in [-0.1, -0.05) is 17.7 Å². The summed E-state index contributed by atoms with van der Waals surface area (Å²) in [7, 11) is 0. The van der Waals surface area contributed by atoms with E-state index >= 15 is 0 Å². The van der Waals surface area contributed by atoms with Crippen molar-refractivity contribution < 1.29 is 29.3 Å². The number of para-hydroxylation sites is 1. The summed E-state index contributed by atoms with van der Waals surface area (Å²) in [6.07, 6.45) is -2.36. The first-order valence-corrected chi connectivity index (χ1v) is 10.9. The van der Waals surface area contributed by atoms with Gasteiger partial charge in [0.2, 0.25) is 0 Å². The van der Waals surface area contributed by atoms with Crippen molar-refractivity contribution in [1.82, 2.24) is 15.2 Å². The summed E-state index contributed by atoms with van der Waals surface area (Å²) in [5, 5.41) is 23.8. The minimum Gasteiger partial charge on any atom is -0.489 e. The fourth-order valence-corrected chi connectivity index (χ4v) is 4.23. The molecule has 9 nitrogen and oxygen atoms in total. The Labute approximate surface area is 193 Å². The summed E-state index contributed by atoms with van der Waals surface area (Å²) in [6, 6.07) is 12.0. The summed E-state index contributed by atoms with van der Waals surface area (Å²) in [4.78, 5) is 30.3. The van der Waals surface area contributed by atoms with E-state index in [1.54, 1.807) is 42.5 Å². The van der Waals surface area contributed by atoms with Gasteiger partial charge in [0.05, 0.1) is 24.4 Å². The molecule has 10 heteroatoms. The highest BCUT2D eigenvalue weighted by Gasteiger charge is 2.35. The molecule has 2 aliphatic heterocycles. The van der Waals surface area contributed by atoms with Gasteiger partial charge in [-0.05, 0) is 36.4 Å². The van der Waals surface area contributed by atoms with Crippen LogP contribution in [0.15, 0.2) is 42.5 Å². The van der Waals surface area contributed by atoms with Crippen molar-refractivity contribution in [3.05, 3.63) is 58.7 Å². The quantitative estimate of drug-likeness (QED) is 0.462. The maximum atomic E-state index is 13.1. The van der Waals surface area contributed by atoms with Crippen LogP contribution < -0.4 is 14.8 Å². The van der Waals surface area contributed by atoms with Crippen molar-refractivity contribution in [3.63, 3.8) is 0 Å². The molecule has 1 fully saturated rings. The molecule has 0 spiro atoms. The van der Waals surface area contributed by atoms with Crippen molar-refractivity contribution in [2.75, 3.05) is 19.7 Å². The monoisotopic (exact) mass is 471 g/mol. The maximum Gasteiger partial charge on any atom is 0.270 e. The maximum absolute atomic E-state index is 13.1. The Balaban J connectivity index is 1.36. The number of ether oxygens (including phenoxy) is 2. The average molecular weight is 472 g/mol. The second-order valence-electron chi connectivity index (χ2n) is 8.11. The van der Waals surface area contributed by atoms with E-state index < -0.39 is 24.3 Å². The van der Waals surface area contributed by atoms with Crippen molar-refractivity contribution in [2.24, 2.45) is 0 Å². The highest BCUT2D eigenvalue weighted by atomic mass is 35.5. The van der Waals surface area contributed by atoms with Gasteiger partial charge in [0.15, 0.2) is 17.7 Å². The molecule has 2 amide bonds. The molecule has 33 heavy (non-hydrogen) atoms. The van der Waals surface area contributed by atoms with Gasteiger partial charge in [0.25, 0.3) is 11.8 Å². The third-order valence-electron chi connectivity index (χ3n) is 5.77. The SMILES string of the molecule is O=C(NC1CCOc2cccc(C(=O)N3CC(O)C(O)C3)c2O1)c1cc2cc(Cl)ccc2[nH]1. The Hall–Kier alpha value is -3.27. The topological polar surface area (TPSA) is 124 Å². The van der Waals surface area contributed by atoms with Crippen LogP contribution in [0, 0.1) is 0 Å². The lowest BCUT2D eigenvalue weighted by molar-refractivity contribution is 0.0572. The number of hydrogen-bond donors (Lipinski definition) is 4. The van der Waals surface area contributed by atoms with Crippen LogP contribution in [0.2, 0.25) is 5.02 Å². The standard InChI is InChI=1S/C23H22ClN3O6/c24-13-4-5-15-12(8-13)9-16(25-15)22(30)26-20-6-7-32-19-3-1-2-14(21(19)33-20)23(31)27-10-17(28)18(29)11-27/h1-5,8-9,17-18,20,25,28-29H,6-7,10-11H2,(H,26,30). The molecule has 0 aliphatic carbocycles. The number of nitrogens with one attached hydrogen (secondary N) is 2. The lowest BCUT2D eigenvalue weighted by atomic mass is 10.1. The zero-order valence-electron chi connectivity index (χ0n) is 17.5. The molecule has 3 aromatic rings. The Bertz CT molecular complexity index is 1220. The van der Waals surface area contributed by atoms with Crippen molar-refractivity contribution in [1.29, 1.82) is 0 Å². The zero-order valence-corrected chi connectivity index (χ0v) is 18.2. The van der Waals surface area contributed by atoms with Gasteiger partial charge in [-0.2, -0.15) is 0 Å². The summed E-state index contributed by atoms with van der Waals surface area (Å²) in [6.45, 7) is 0.323. The number of amides is 2. The van der Waals surface area contributed by atoms with E-state index in [0.29, 0.717) is 22.9 Å². The number of hydrogen-bond acceptors (Lipinski definition) is 6. The third-order valence-corrected chi connectivity index (χ3v) is 6.01. The Kier molecular flexibility index (Phi) is 5.61. The fourth-order valence-electron chi connectivity index (χ4n) is 4.05. The second kappa shape index (κ2) is 8.58. The average Bonchev–Trinajstić information content (AvgIpc) is 3.29. The Morgan fingerprint density at radius 1 is 1.12 bits per heavy atom. The zero-order chi connectivity index (χ0) is 23.1. The number of likely N-dealkylation sites (tertiary alicyclic amines) is 1. The number of aromatic amines is 1. The number of carbonyl (C=O) groups is 2. The van der Waals surface area contributed by atoms with Gasteiger partial charge < -0.3 is 34.9 Å². The highest BCUT2D eigenvalue weighted by molar-refractivity contribution is 6.31. The van der Waals surface area contributed by atoms with Crippen molar-refractivity contribution in [3.8, 4) is 11.5 Å². The van der Waals surface area contributed by atoms with Crippen LogP contribution in [0.5, 0.6) is 11.5 Å². The van der Waals surface area contributed by atoms with Gasteiger partial charge in [-0.15, -0.1) is 0 Å². The number of rotatable bonds is 3. The van der Waals surface area contributed by atoms with E-state index in [-0.39, 0.29) is 36.9 Å². The molecule has 0 radical (unpaired) electrons. The van der Waals surface area contributed by atoms with E-state index in [0.717, 1.165) is 10.9 Å². The molecular weight excluding hydrogens is 450 g/mol. The van der Waals surface area contributed by atoms with Crippen LogP contribution in [0.3, 0.4) is 0 Å². The molecule has 2 aliphatic rings. The second-order valence-corrected chi connectivity index (χ2v) is 8.55. The first-order chi connectivity index (χ1) is 15.9. The van der Waals surface area contributed by atoms with Crippen molar-refractivity contribution in [2.45, 2.75) is 24.9 Å². The van der Waals surface area contributed by atoms with E-state index in [9.17, 15) is 19.8 Å². The first kappa shape index (κ1) is 21.6. The number of aliphatic hydroxyl groups excluding tert-OH is 2. The summed E-state index contributed by atoms with van der Waals surface area (Å²) in [5.41, 5.74) is 1.36. The molecule has 3 heterocycles. The summed E-state index contributed by atoms with van der Waals surface area (Å²) >= 11 is 6.03. The molecule has 1 aromatic heterocycles. The number of benzene rings is 2. The Morgan fingerprint density at radius 2 is 1.91 bits per heavy atom. The molecule has 0 bridgehead atoms. The minimum absolute atomic E-state index is 0.0229. The molecule has 3 atom stereocenters. The van der Waals surface area contributed by atoms with Gasteiger partial charge in [-0.25, -0.2) is 0 Å². The number of nitrogens with zero attached hydrogens (tertiary/aromatic N) is 1. The highest BCUT2D eigenvalue weighted by Crippen LogP contribution is 2.35. The molecule has 3 unspecified atom stereocenters. The van der Waals surface area contributed by atoms with E-state index in [1.165, 1.54) is 4.90 Å². The number of aliphatic hydroxyl groups is 2. The molecule has 1 saturated heterocycles. The summed E-state index contributed by atoms with van der Waals surface area (Å²) < 4.78 is 11.8. The van der Waals surface area contributed by atoms with Gasteiger partial charge >= 0.3 is 0 Å². The van der Waals surface area contributed by atoms with Crippen LogP contribution in [0.25, 0.3) is 10.9 Å². The molecule has 5 rings (SSSR count). The predicted molar refractivity (Wildman–Crippen MR) is 120 cm³/mol. The number of β-amino-alcohol motifs (C(OH)–C–C–N with tert-alkyl or cyclic N) is 2. The fraction of sp³-hybridized carbons (Fsp3) is 0.304. The number of carbonyl (C=O) groups excluding carboxylic acids is 2. The van der Waals surface area contributed by atoms with Crippen LogP contribution in [0.1, 0.15) is 27.3 Å². The first-order valence-electron chi connectivity index (χ1n) is 10.6. The van der Waals surface area contributed by atoms with Crippen LogP contribution in [0.4, 0.5) is 0 Å². The summed E-state index contributed by atoms with van der Waals surface area (Å²) in [5.74, 6) is -0.168. The lowest BCUT2D eigenvalue weighted by Crippen LogP contribution is -2.40. The molecule has 172 valence electrons. The molecular formula is C23H22ClN3O6. The van der Waals surface area contributed by atoms with E-state index in [1.807, 2.05) is 0 Å². The lowest BCUT2D eigenvalue weighted by Gasteiger charge is -2.21. The van der Waals surface area contributed by atoms with Crippen molar-refractivity contribution >= 4 is 34.3 Å². The van der Waals surface area contributed by atoms with E-state index in [2.05, 4.69) is 10.3 Å². The van der Waals surface area contributed by atoms with Gasteiger partial charge in [0, 0.05) is 35.4 Å². The number of H-pyrrole nitrogens is 1. The normalized spacial score (nSPS) is 22.3. The van der Waals surface area contributed by atoms with Crippen LogP contribution in [-0.4, -0.2) is 70.0 Å². The largest absolute Gasteiger partial charge is 0.489 e. The minimum atomic E-state index is -0.994. The van der Waals surface area contributed by atoms with Crippen LogP contribution in [-0.2, 0) is 0 Å². The van der Waals surface area contributed by atoms with Gasteiger partial charge in [-0.3, -0.25) is 9.59 Å². The smallest absolute Gasteiger partial charge is 0.270 e. The molecule has 2 aromatic carbocycles.